The SMILES string of the molecule is CCCCc1ccccc1C(=O)CNC(=O)C(C)C. The molecule has 1 rings (SSSR count). The Hall–Kier alpha value is -1.64. The molecule has 0 saturated heterocycles. The highest BCUT2D eigenvalue weighted by molar-refractivity contribution is 6.00. The average Bonchev–Trinajstić information content (AvgIpc) is 2.42. The van der Waals surface area contributed by atoms with E-state index in [9.17, 15) is 9.59 Å². The number of amides is 1. The van der Waals surface area contributed by atoms with E-state index in [0.717, 1.165) is 30.4 Å². The molecule has 0 atom stereocenters. The highest BCUT2D eigenvalue weighted by atomic mass is 16.2. The summed E-state index contributed by atoms with van der Waals surface area (Å²) in [5.41, 5.74) is 1.81. The summed E-state index contributed by atoms with van der Waals surface area (Å²) < 4.78 is 0. The zero-order chi connectivity index (χ0) is 14.3. The minimum atomic E-state index is -0.0943. The van der Waals surface area contributed by atoms with Crippen molar-refractivity contribution in [3.05, 3.63) is 35.4 Å². The van der Waals surface area contributed by atoms with E-state index >= 15 is 0 Å². The van der Waals surface area contributed by atoms with Crippen molar-refractivity contribution in [2.75, 3.05) is 6.54 Å². The van der Waals surface area contributed by atoms with Gasteiger partial charge in [-0.3, -0.25) is 9.59 Å². The molecular weight excluding hydrogens is 238 g/mol. The van der Waals surface area contributed by atoms with Gasteiger partial charge in [0.15, 0.2) is 5.78 Å². The van der Waals surface area contributed by atoms with Gasteiger partial charge < -0.3 is 5.32 Å². The van der Waals surface area contributed by atoms with Crippen LogP contribution in [-0.4, -0.2) is 18.2 Å². The number of aryl methyl sites for hydroxylation is 1. The monoisotopic (exact) mass is 261 g/mol. The van der Waals surface area contributed by atoms with Crippen LogP contribution in [0.2, 0.25) is 0 Å². The van der Waals surface area contributed by atoms with Crippen LogP contribution in [0.5, 0.6) is 0 Å². The van der Waals surface area contributed by atoms with E-state index in [1.54, 1.807) is 0 Å². The van der Waals surface area contributed by atoms with E-state index in [-0.39, 0.29) is 24.2 Å². The van der Waals surface area contributed by atoms with E-state index in [1.807, 2.05) is 38.1 Å². The average molecular weight is 261 g/mol. The van der Waals surface area contributed by atoms with Gasteiger partial charge in [-0.1, -0.05) is 51.5 Å². The standard InChI is InChI=1S/C16H23NO2/c1-4-5-8-13-9-6-7-10-14(13)15(18)11-17-16(19)12(2)3/h6-7,9-10,12H,4-5,8,11H2,1-3H3,(H,17,19). The molecule has 0 fully saturated rings. The van der Waals surface area contributed by atoms with Crippen LogP contribution >= 0.6 is 0 Å². The number of benzene rings is 1. The van der Waals surface area contributed by atoms with Gasteiger partial charge in [-0.15, -0.1) is 0 Å². The first kappa shape index (κ1) is 15.4. The van der Waals surface area contributed by atoms with Crippen molar-refractivity contribution in [3.8, 4) is 0 Å². The number of Topliss-reactive ketones (excluding diaryl/α,β-unsaturated/α-hetero) is 1. The van der Waals surface area contributed by atoms with Crippen LogP contribution < -0.4 is 5.32 Å². The second kappa shape index (κ2) is 7.72. The van der Waals surface area contributed by atoms with E-state index < -0.39 is 0 Å². The smallest absolute Gasteiger partial charge is 0.222 e. The van der Waals surface area contributed by atoms with Crippen LogP contribution in [0.15, 0.2) is 24.3 Å². The molecule has 0 aromatic heterocycles. The Labute approximate surface area is 115 Å². The highest BCUT2D eigenvalue weighted by Gasteiger charge is 2.13. The molecule has 0 radical (unpaired) electrons. The van der Waals surface area contributed by atoms with Gasteiger partial charge in [0, 0.05) is 11.5 Å². The minimum Gasteiger partial charge on any atom is -0.348 e. The van der Waals surface area contributed by atoms with Gasteiger partial charge in [0.25, 0.3) is 0 Å². The molecule has 104 valence electrons. The lowest BCUT2D eigenvalue weighted by Gasteiger charge is -2.10. The minimum absolute atomic E-state index is 0.0132. The topological polar surface area (TPSA) is 46.2 Å². The van der Waals surface area contributed by atoms with Crippen molar-refractivity contribution in [1.82, 2.24) is 5.32 Å². The van der Waals surface area contributed by atoms with E-state index in [2.05, 4.69) is 12.2 Å². The molecule has 1 aromatic carbocycles. The van der Waals surface area contributed by atoms with Gasteiger partial charge in [-0.2, -0.15) is 0 Å². The van der Waals surface area contributed by atoms with Crippen molar-refractivity contribution >= 4 is 11.7 Å². The Morgan fingerprint density at radius 3 is 2.53 bits per heavy atom. The van der Waals surface area contributed by atoms with Crippen LogP contribution in [-0.2, 0) is 11.2 Å². The van der Waals surface area contributed by atoms with Gasteiger partial charge in [0.05, 0.1) is 6.54 Å². The molecule has 0 aliphatic rings. The first-order chi connectivity index (χ1) is 9.06. The molecule has 19 heavy (non-hydrogen) atoms. The van der Waals surface area contributed by atoms with Crippen LogP contribution in [0, 0.1) is 5.92 Å². The molecule has 1 amide bonds. The van der Waals surface area contributed by atoms with Crippen molar-refractivity contribution in [2.24, 2.45) is 5.92 Å². The lowest BCUT2D eigenvalue weighted by Crippen LogP contribution is -2.32. The molecule has 0 aliphatic carbocycles. The maximum Gasteiger partial charge on any atom is 0.222 e. The molecule has 0 spiro atoms. The normalized spacial score (nSPS) is 10.5. The van der Waals surface area contributed by atoms with Crippen LogP contribution in [0.4, 0.5) is 0 Å². The van der Waals surface area contributed by atoms with Gasteiger partial charge in [0.2, 0.25) is 5.91 Å². The third kappa shape index (κ3) is 4.86. The number of rotatable bonds is 7. The van der Waals surface area contributed by atoms with Gasteiger partial charge in [0.1, 0.15) is 0 Å². The number of hydrogen-bond donors (Lipinski definition) is 1. The third-order valence-corrected chi connectivity index (χ3v) is 3.06. The Morgan fingerprint density at radius 2 is 1.89 bits per heavy atom. The summed E-state index contributed by atoms with van der Waals surface area (Å²) in [6.45, 7) is 5.84. The number of nitrogens with one attached hydrogen (secondary N) is 1. The predicted molar refractivity (Wildman–Crippen MR) is 77.2 cm³/mol. The summed E-state index contributed by atoms with van der Waals surface area (Å²) >= 11 is 0. The van der Waals surface area contributed by atoms with E-state index in [4.69, 9.17) is 0 Å². The largest absolute Gasteiger partial charge is 0.348 e. The lowest BCUT2D eigenvalue weighted by atomic mass is 9.99. The fourth-order valence-electron chi connectivity index (χ4n) is 1.84. The fraction of sp³-hybridized carbons (Fsp3) is 0.500. The summed E-state index contributed by atoms with van der Waals surface area (Å²) in [5.74, 6) is -0.191. The number of carbonyl (C=O) groups excluding carboxylic acids is 2. The van der Waals surface area contributed by atoms with Crippen molar-refractivity contribution in [2.45, 2.75) is 40.0 Å². The number of hydrogen-bond acceptors (Lipinski definition) is 2. The fourth-order valence-corrected chi connectivity index (χ4v) is 1.84. The first-order valence-corrected chi connectivity index (χ1v) is 6.95. The number of unbranched alkanes of at least 4 members (excludes halogenated alkanes) is 1. The lowest BCUT2D eigenvalue weighted by molar-refractivity contribution is -0.123. The molecule has 3 heteroatoms. The molecule has 1 N–H and O–H groups in total. The zero-order valence-electron chi connectivity index (χ0n) is 12.0. The molecule has 0 bridgehead atoms. The molecule has 3 nitrogen and oxygen atoms in total. The molecule has 0 unspecified atom stereocenters. The van der Waals surface area contributed by atoms with Crippen molar-refractivity contribution in [3.63, 3.8) is 0 Å². The molecule has 0 heterocycles. The van der Waals surface area contributed by atoms with E-state index in [0.29, 0.717) is 0 Å². The van der Waals surface area contributed by atoms with Crippen LogP contribution in [0.25, 0.3) is 0 Å². The Kier molecular flexibility index (Phi) is 6.26. The highest BCUT2D eigenvalue weighted by Crippen LogP contribution is 2.12. The predicted octanol–water partition coefficient (Wildman–Crippen LogP) is 2.98. The van der Waals surface area contributed by atoms with E-state index in [1.165, 1.54) is 0 Å². The Bertz CT molecular complexity index is 438. The first-order valence-electron chi connectivity index (χ1n) is 6.95. The summed E-state index contributed by atoms with van der Waals surface area (Å²) in [4.78, 5) is 23.6. The zero-order valence-corrected chi connectivity index (χ0v) is 12.0. The third-order valence-electron chi connectivity index (χ3n) is 3.06. The second-order valence-corrected chi connectivity index (χ2v) is 5.06. The molecule has 1 aromatic rings. The van der Waals surface area contributed by atoms with Gasteiger partial charge >= 0.3 is 0 Å². The van der Waals surface area contributed by atoms with Gasteiger partial charge in [-0.05, 0) is 18.4 Å². The maximum atomic E-state index is 12.1. The van der Waals surface area contributed by atoms with Crippen molar-refractivity contribution < 1.29 is 9.59 Å². The molecule has 0 aliphatic heterocycles. The molecular formula is C16H23NO2. The Balaban J connectivity index is 2.68. The summed E-state index contributed by atoms with van der Waals surface area (Å²) in [6, 6.07) is 7.66. The number of ketones is 1. The van der Waals surface area contributed by atoms with Crippen LogP contribution in [0.3, 0.4) is 0 Å². The maximum absolute atomic E-state index is 12.1. The quantitative estimate of drug-likeness (QED) is 0.767. The Morgan fingerprint density at radius 1 is 1.21 bits per heavy atom. The summed E-state index contributed by atoms with van der Waals surface area (Å²) in [6.07, 6.45) is 3.09. The molecule has 0 saturated carbocycles. The summed E-state index contributed by atoms with van der Waals surface area (Å²) in [5, 5.41) is 2.68. The van der Waals surface area contributed by atoms with Crippen molar-refractivity contribution in [1.29, 1.82) is 0 Å². The van der Waals surface area contributed by atoms with Gasteiger partial charge in [-0.25, -0.2) is 0 Å². The van der Waals surface area contributed by atoms with Crippen LogP contribution in [0.1, 0.15) is 49.5 Å². The number of carbonyl (C=O) groups is 2. The second-order valence-electron chi connectivity index (χ2n) is 5.06. The summed E-state index contributed by atoms with van der Waals surface area (Å²) in [7, 11) is 0.